The van der Waals surface area contributed by atoms with Crippen LogP contribution in [0.1, 0.15) is 30.5 Å². The van der Waals surface area contributed by atoms with Crippen molar-refractivity contribution in [3.05, 3.63) is 69.4 Å². The first kappa shape index (κ1) is 16.0. The summed E-state index contributed by atoms with van der Waals surface area (Å²) in [7, 11) is 0. The second kappa shape index (κ2) is 7.09. The summed E-state index contributed by atoms with van der Waals surface area (Å²) in [6.45, 7) is 2.57. The topological polar surface area (TPSA) is 12.0 Å². The molecule has 0 aliphatic rings. The van der Waals surface area contributed by atoms with E-state index in [0.717, 1.165) is 24.6 Å². The molecule has 0 bridgehead atoms. The lowest BCUT2D eigenvalue weighted by Gasteiger charge is -2.20. The van der Waals surface area contributed by atoms with Gasteiger partial charge in [0, 0.05) is 10.0 Å². The summed E-state index contributed by atoms with van der Waals surface area (Å²) in [6.07, 6.45) is 0.823. The zero-order valence-corrected chi connectivity index (χ0v) is 13.1. The number of benzene rings is 2. The molecule has 0 saturated heterocycles. The highest BCUT2D eigenvalue weighted by Gasteiger charge is 2.19. The molecule has 5 heteroatoms. The highest BCUT2D eigenvalue weighted by Crippen LogP contribution is 2.28. The molecular formula is C16H15BrF3N. The van der Waals surface area contributed by atoms with Gasteiger partial charge in [0.2, 0.25) is 0 Å². The van der Waals surface area contributed by atoms with Crippen molar-refractivity contribution in [3.8, 4) is 0 Å². The molecule has 112 valence electrons. The van der Waals surface area contributed by atoms with E-state index in [1.54, 1.807) is 6.07 Å². The maximum Gasteiger partial charge on any atom is 0.128 e. The third kappa shape index (κ3) is 4.08. The van der Waals surface area contributed by atoms with Gasteiger partial charge in [0.1, 0.15) is 17.5 Å². The van der Waals surface area contributed by atoms with Crippen molar-refractivity contribution in [2.24, 2.45) is 0 Å². The van der Waals surface area contributed by atoms with Gasteiger partial charge < -0.3 is 5.32 Å². The molecule has 0 heterocycles. The van der Waals surface area contributed by atoms with Crippen LogP contribution in [0.4, 0.5) is 13.2 Å². The van der Waals surface area contributed by atoms with Gasteiger partial charge in [-0.3, -0.25) is 0 Å². The number of halogens is 4. The third-order valence-corrected chi connectivity index (χ3v) is 3.54. The molecule has 1 atom stereocenters. The van der Waals surface area contributed by atoms with Crippen LogP contribution in [0.5, 0.6) is 0 Å². The van der Waals surface area contributed by atoms with Crippen LogP contribution in [0.2, 0.25) is 0 Å². The lowest BCUT2D eigenvalue weighted by molar-refractivity contribution is 0.532. The van der Waals surface area contributed by atoms with Crippen molar-refractivity contribution in [3.63, 3.8) is 0 Å². The van der Waals surface area contributed by atoms with Crippen LogP contribution in [0.3, 0.4) is 0 Å². The molecule has 2 aromatic carbocycles. The average molecular weight is 358 g/mol. The SMILES string of the molecule is CCCNC(c1cc(F)cc(Br)c1)c1cc(F)ccc1F. The Morgan fingerprint density at radius 2 is 1.81 bits per heavy atom. The van der Waals surface area contributed by atoms with Gasteiger partial charge in [0.15, 0.2) is 0 Å². The smallest absolute Gasteiger partial charge is 0.128 e. The van der Waals surface area contributed by atoms with E-state index in [1.165, 1.54) is 12.1 Å². The van der Waals surface area contributed by atoms with Crippen LogP contribution in [-0.2, 0) is 0 Å². The normalized spacial score (nSPS) is 12.4. The van der Waals surface area contributed by atoms with E-state index >= 15 is 0 Å². The molecule has 2 rings (SSSR count). The summed E-state index contributed by atoms with van der Waals surface area (Å²) in [5, 5.41) is 3.13. The highest BCUT2D eigenvalue weighted by molar-refractivity contribution is 9.10. The summed E-state index contributed by atoms with van der Waals surface area (Å²) in [4.78, 5) is 0. The van der Waals surface area contributed by atoms with Crippen molar-refractivity contribution < 1.29 is 13.2 Å². The van der Waals surface area contributed by atoms with Gasteiger partial charge in [-0.25, -0.2) is 13.2 Å². The fourth-order valence-electron chi connectivity index (χ4n) is 2.17. The Bertz CT molecular complexity index is 611. The standard InChI is InChI=1S/C16H15BrF3N/c1-2-5-21-16(10-6-11(17)8-13(19)7-10)14-9-12(18)3-4-15(14)20/h3-4,6-9,16,21H,2,5H2,1H3. The van der Waals surface area contributed by atoms with E-state index in [2.05, 4.69) is 21.2 Å². The molecule has 0 fully saturated rings. The molecule has 1 N–H and O–H groups in total. The van der Waals surface area contributed by atoms with Crippen LogP contribution < -0.4 is 5.32 Å². The first-order chi connectivity index (χ1) is 10.0. The van der Waals surface area contributed by atoms with E-state index in [4.69, 9.17) is 0 Å². The Labute approximate surface area is 130 Å². The predicted octanol–water partition coefficient (Wildman–Crippen LogP) is 4.96. The fourth-order valence-corrected chi connectivity index (χ4v) is 2.66. The second-order valence-corrected chi connectivity index (χ2v) is 5.67. The maximum atomic E-state index is 14.0. The van der Waals surface area contributed by atoms with Gasteiger partial charge in [0.05, 0.1) is 6.04 Å². The zero-order valence-electron chi connectivity index (χ0n) is 11.5. The van der Waals surface area contributed by atoms with Crippen LogP contribution in [0, 0.1) is 17.5 Å². The maximum absolute atomic E-state index is 14.0. The Morgan fingerprint density at radius 3 is 2.48 bits per heavy atom. The summed E-state index contributed by atoms with van der Waals surface area (Å²) in [6, 6.07) is 7.02. The molecule has 0 spiro atoms. The molecule has 1 nitrogen and oxygen atoms in total. The van der Waals surface area contributed by atoms with Crippen LogP contribution in [-0.4, -0.2) is 6.54 Å². The quantitative estimate of drug-likeness (QED) is 0.797. The Kier molecular flexibility index (Phi) is 5.42. The van der Waals surface area contributed by atoms with E-state index < -0.39 is 23.5 Å². The van der Waals surface area contributed by atoms with Gasteiger partial charge >= 0.3 is 0 Å². The number of hydrogen-bond acceptors (Lipinski definition) is 1. The second-order valence-electron chi connectivity index (χ2n) is 4.76. The molecule has 1 unspecified atom stereocenters. The van der Waals surface area contributed by atoms with Gasteiger partial charge in [-0.1, -0.05) is 22.9 Å². The van der Waals surface area contributed by atoms with Crippen molar-refractivity contribution in [2.45, 2.75) is 19.4 Å². The Morgan fingerprint density at radius 1 is 1.05 bits per heavy atom. The number of rotatable bonds is 5. The van der Waals surface area contributed by atoms with Crippen molar-refractivity contribution in [2.75, 3.05) is 6.54 Å². The average Bonchev–Trinajstić information content (AvgIpc) is 2.42. The highest BCUT2D eigenvalue weighted by atomic mass is 79.9. The molecule has 0 aromatic heterocycles. The number of nitrogens with one attached hydrogen (secondary N) is 1. The minimum absolute atomic E-state index is 0.168. The van der Waals surface area contributed by atoms with E-state index in [9.17, 15) is 13.2 Å². The summed E-state index contributed by atoms with van der Waals surface area (Å²) < 4.78 is 41.6. The summed E-state index contributed by atoms with van der Waals surface area (Å²) >= 11 is 3.22. The van der Waals surface area contributed by atoms with Gasteiger partial charge in [-0.15, -0.1) is 0 Å². The molecule has 0 saturated carbocycles. The Balaban J connectivity index is 2.49. The van der Waals surface area contributed by atoms with E-state index in [0.29, 0.717) is 16.6 Å². The molecule has 0 aliphatic heterocycles. The van der Waals surface area contributed by atoms with Crippen LogP contribution in [0.25, 0.3) is 0 Å². The van der Waals surface area contributed by atoms with Gasteiger partial charge in [-0.2, -0.15) is 0 Å². The minimum atomic E-state index is -0.604. The summed E-state index contributed by atoms with van der Waals surface area (Å²) in [5.41, 5.74) is 0.709. The molecule has 21 heavy (non-hydrogen) atoms. The molecule has 0 radical (unpaired) electrons. The molecule has 0 amide bonds. The van der Waals surface area contributed by atoms with Crippen molar-refractivity contribution in [1.82, 2.24) is 5.32 Å². The minimum Gasteiger partial charge on any atom is -0.306 e. The fraction of sp³-hybridized carbons (Fsp3) is 0.250. The lowest BCUT2D eigenvalue weighted by atomic mass is 9.97. The monoisotopic (exact) mass is 357 g/mol. The van der Waals surface area contributed by atoms with E-state index in [-0.39, 0.29) is 5.56 Å². The van der Waals surface area contributed by atoms with Crippen LogP contribution >= 0.6 is 15.9 Å². The largest absolute Gasteiger partial charge is 0.306 e. The van der Waals surface area contributed by atoms with E-state index in [1.807, 2.05) is 6.92 Å². The van der Waals surface area contributed by atoms with Crippen molar-refractivity contribution in [1.29, 1.82) is 0 Å². The van der Waals surface area contributed by atoms with Crippen LogP contribution in [0.15, 0.2) is 40.9 Å². The third-order valence-electron chi connectivity index (χ3n) is 3.09. The molecule has 2 aromatic rings. The number of hydrogen-bond donors (Lipinski definition) is 1. The first-order valence-corrected chi connectivity index (χ1v) is 7.45. The van der Waals surface area contributed by atoms with Crippen molar-refractivity contribution >= 4 is 15.9 Å². The zero-order chi connectivity index (χ0) is 15.4. The molecule has 0 aliphatic carbocycles. The molecular weight excluding hydrogens is 343 g/mol. The van der Waals surface area contributed by atoms with Gasteiger partial charge in [0.25, 0.3) is 0 Å². The predicted molar refractivity (Wildman–Crippen MR) is 80.6 cm³/mol. The van der Waals surface area contributed by atoms with Gasteiger partial charge in [-0.05, 0) is 54.9 Å². The lowest BCUT2D eigenvalue weighted by Crippen LogP contribution is -2.24. The first-order valence-electron chi connectivity index (χ1n) is 6.65. The Hall–Kier alpha value is -1.33. The summed E-state index contributed by atoms with van der Waals surface area (Å²) in [5.74, 6) is -1.48.